The van der Waals surface area contributed by atoms with E-state index in [1.807, 2.05) is 7.05 Å². The molecule has 0 spiro atoms. The summed E-state index contributed by atoms with van der Waals surface area (Å²) >= 11 is 1.76. The molecule has 0 aliphatic carbocycles. The molecule has 1 amide bonds. The van der Waals surface area contributed by atoms with E-state index in [0.717, 1.165) is 12.2 Å². The van der Waals surface area contributed by atoms with Gasteiger partial charge in [0.2, 0.25) is 0 Å². The number of aromatic nitrogens is 2. The predicted octanol–water partition coefficient (Wildman–Crippen LogP) is 1.92. The molecule has 0 aliphatic rings. The maximum atomic E-state index is 11.9. The van der Waals surface area contributed by atoms with Crippen molar-refractivity contribution in [3.05, 3.63) is 18.7 Å². The molecule has 0 radical (unpaired) electrons. The Morgan fingerprint density at radius 2 is 2.40 bits per heavy atom. The molecule has 1 heterocycles. The maximum absolute atomic E-state index is 11.9. The molecule has 0 N–H and O–H groups in total. The Hall–Kier alpha value is -0.970. The van der Waals surface area contributed by atoms with Crippen LogP contribution in [-0.4, -0.2) is 45.6 Å². The van der Waals surface area contributed by atoms with Crippen molar-refractivity contribution in [3.63, 3.8) is 0 Å². The van der Waals surface area contributed by atoms with Gasteiger partial charge in [0.1, 0.15) is 6.33 Å². The monoisotopic (exact) mass is 227 g/mol. The fourth-order valence-corrected chi connectivity index (χ4v) is 2.25. The molecule has 5 heteroatoms. The van der Waals surface area contributed by atoms with Crippen molar-refractivity contribution >= 4 is 17.8 Å². The van der Waals surface area contributed by atoms with E-state index in [4.69, 9.17) is 0 Å². The van der Waals surface area contributed by atoms with E-state index in [2.05, 4.69) is 18.2 Å². The molecule has 1 atom stereocenters. The van der Waals surface area contributed by atoms with Gasteiger partial charge in [0.15, 0.2) is 0 Å². The normalized spacial score (nSPS) is 12.5. The molecule has 0 aliphatic heterocycles. The Morgan fingerprint density at radius 1 is 1.67 bits per heavy atom. The van der Waals surface area contributed by atoms with Gasteiger partial charge in [-0.15, -0.1) is 0 Å². The first-order chi connectivity index (χ1) is 7.20. The first kappa shape index (κ1) is 12.1. The van der Waals surface area contributed by atoms with E-state index in [0.29, 0.717) is 0 Å². The molecule has 0 aromatic carbocycles. The van der Waals surface area contributed by atoms with Crippen LogP contribution >= 0.6 is 11.8 Å². The maximum Gasteiger partial charge on any atom is 0.329 e. The largest absolute Gasteiger partial charge is 0.329 e. The number of imidazole rings is 1. The van der Waals surface area contributed by atoms with Gasteiger partial charge < -0.3 is 4.90 Å². The number of carbonyl (C=O) groups is 1. The Kier molecular flexibility index (Phi) is 4.68. The summed E-state index contributed by atoms with van der Waals surface area (Å²) in [5, 5.41) is 0. The van der Waals surface area contributed by atoms with Crippen LogP contribution in [0.25, 0.3) is 0 Å². The number of amides is 1. The van der Waals surface area contributed by atoms with Crippen LogP contribution in [0.3, 0.4) is 0 Å². The molecule has 1 rings (SSSR count). The van der Waals surface area contributed by atoms with Crippen LogP contribution in [0.5, 0.6) is 0 Å². The minimum Gasteiger partial charge on any atom is -0.323 e. The summed E-state index contributed by atoms with van der Waals surface area (Å²) < 4.78 is 1.50. The molecule has 0 saturated heterocycles. The van der Waals surface area contributed by atoms with Crippen molar-refractivity contribution in [2.24, 2.45) is 0 Å². The molecule has 1 aromatic rings. The summed E-state index contributed by atoms with van der Waals surface area (Å²) in [6.45, 7) is 2.10. The van der Waals surface area contributed by atoms with Crippen LogP contribution in [-0.2, 0) is 0 Å². The summed E-state index contributed by atoms with van der Waals surface area (Å²) in [7, 11) is 1.84. The van der Waals surface area contributed by atoms with Gasteiger partial charge >= 0.3 is 6.03 Å². The number of hydrogen-bond donors (Lipinski definition) is 0. The van der Waals surface area contributed by atoms with Gasteiger partial charge in [-0.1, -0.05) is 6.92 Å². The third-order valence-corrected chi connectivity index (χ3v) is 3.12. The highest BCUT2D eigenvalue weighted by atomic mass is 32.2. The second-order valence-corrected chi connectivity index (χ2v) is 4.29. The molecular weight excluding hydrogens is 210 g/mol. The topological polar surface area (TPSA) is 38.1 Å². The number of hydrogen-bond acceptors (Lipinski definition) is 3. The summed E-state index contributed by atoms with van der Waals surface area (Å²) in [5.41, 5.74) is 0. The van der Waals surface area contributed by atoms with Gasteiger partial charge in [-0.3, -0.25) is 4.57 Å². The second-order valence-electron chi connectivity index (χ2n) is 3.38. The lowest BCUT2D eigenvalue weighted by Crippen LogP contribution is -2.40. The molecule has 0 bridgehead atoms. The first-order valence-corrected chi connectivity index (χ1v) is 6.34. The van der Waals surface area contributed by atoms with E-state index in [1.54, 1.807) is 29.1 Å². The van der Waals surface area contributed by atoms with Crippen LogP contribution in [0.15, 0.2) is 18.7 Å². The predicted molar refractivity (Wildman–Crippen MR) is 63.2 cm³/mol. The SMILES string of the molecule is CCC(CSC)N(C)C(=O)n1ccnc1. The van der Waals surface area contributed by atoms with Gasteiger partial charge in [-0.25, -0.2) is 9.78 Å². The Labute approximate surface area is 94.7 Å². The molecule has 0 saturated carbocycles. The zero-order valence-electron chi connectivity index (χ0n) is 9.38. The minimum absolute atomic E-state index is 0.0200. The van der Waals surface area contributed by atoms with Gasteiger partial charge in [-0.2, -0.15) is 11.8 Å². The summed E-state index contributed by atoms with van der Waals surface area (Å²) in [4.78, 5) is 17.6. The third-order valence-electron chi connectivity index (χ3n) is 2.41. The lowest BCUT2D eigenvalue weighted by atomic mass is 10.2. The van der Waals surface area contributed by atoms with Crippen molar-refractivity contribution in [1.29, 1.82) is 0 Å². The standard InChI is InChI=1S/C10H17N3OS/c1-4-9(7-15-3)12(2)10(14)13-6-5-11-8-13/h5-6,8-9H,4,7H2,1-3H3. The second kappa shape index (κ2) is 5.80. The number of nitrogens with zero attached hydrogens (tertiary/aromatic N) is 3. The van der Waals surface area contributed by atoms with Crippen LogP contribution in [0, 0.1) is 0 Å². The quantitative estimate of drug-likeness (QED) is 0.788. The van der Waals surface area contributed by atoms with E-state index < -0.39 is 0 Å². The van der Waals surface area contributed by atoms with Crippen LogP contribution in [0.4, 0.5) is 4.79 Å². The summed E-state index contributed by atoms with van der Waals surface area (Å²) in [5.74, 6) is 0.966. The molecule has 1 aromatic heterocycles. The summed E-state index contributed by atoms with van der Waals surface area (Å²) in [6.07, 6.45) is 7.84. The average Bonchev–Trinajstić information content (AvgIpc) is 2.77. The Bertz CT molecular complexity index is 300. The zero-order valence-corrected chi connectivity index (χ0v) is 10.2. The molecule has 4 nitrogen and oxygen atoms in total. The van der Waals surface area contributed by atoms with Gasteiger partial charge in [0, 0.05) is 31.2 Å². The van der Waals surface area contributed by atoms with Gasteiger partial charge in [0.05, 0.1) is 0 Å². The zero-order chi connectivity index (χ0) is 11.3. The minimum atomic E-state index is -0.0200. The lowest BCUT2D eigenvalue weighted by Gasteiger charge is -2.26. The van der Waals surface area contributed by atoms with Crippen molar-refractivity contribution in [1.82, 2.24) is 14.5 Å². The van der Waals surface area contributed by atoms with Gasteiger partial charge in [-0.05, 0) is 12.7 Å². The number of thioether (sulfide) groups is 1. The van der Waals surface area contributed by atoms with Crippen molar-refractivity contribution in [2.75, 3.05) is 19.1 Å². The third kappa shape index (κ3) is 2.99. The van der Waals surface area contributed by atoms with Crippen LogP contribution < -0.4 is 0 Å². The first-order valence-electron chi connectivity index (χ1n) is 4.94. The van der Waals surface area contributed by atoms with Crippen molar-refractivity contribution in [2.45, 2.75) is 19.4 Å². The molecule has 1 unspecified atom stereocenters. The highest BCUT2D eigenvalue weighted by Crippen LogP contribution is 2.09. The lowest BCUT2D eigenvalue weighted by molar-refractivity contribution is 0.195. The van der Waals surface area contributed by atoms with E-state index in [1.165, 1.54) is 10.9 Å². The van der Waals surface area contributed by atoms with E-state index in [-0.39, 0.29) is 12.1 Å². The highest BCUT2D eigenvalue weighted by Gasteiger charge is 2.18. The molecular formula is C10H17N3OS. The number of carbonyl (C=O) groups excluding carboxylic acids is 1. The van der Waals surface area contributed by atoms with Gasteiger partial charge in [0.25, 0.3) is 0 Å². The van der Waals surface area contributed by atoms with Crippen LogP contribution in [0.1, 0.15) is 13.3 Å². The summed E-state index contributed by atoms with van der Waals surface area (Å²) in [6, 6.07) is 0.267. The smallest absolute Gasteiger partial charge is 0.323 e. The molecule has 15 heavy (non-hydrogen) atoms. The van der Waals surface area contributed by atoms with Crippen molar-refractivity contribution in [3.8, 4) is 0 Å². The molecule has 0 fully saturated rings. The van der Waals surface area contributed by atoms with E-state index in [9.17, 15) is 4.79 Å². The molecule has 84 valence electrons. The number of rotatable bonds is 4. The van der Waals surface area contributed by atoms with E-state index >= 15 is 0 Å². The highest BCUT2D eigenvalue weighted by molar-refractivity contribution is 7.98. The fraction of sp³-hybridized carbons (Fsp3) is 0.600. The van der Waals surface area contributed by atoms with Crippen molar-refractivity contribution < 1.29 is 4.79 Å². The van der Waals surface area contributed by atoms with Crippen LogP contribution in [0.2, 0.25) is 0 Å². The average molecular weight is 227 g/mol. The fourth-order valence-electron chi connectivity index (χ4n) is 1.41. The Morgan fingerprint density at radius 3 is 2.87 bits per heavy atom. The Balaban J connectivity index is 2.66.